The normalized spacial score (nSPS) is 10.3. The number of benzene rings is 1. The summed E-state index contributed by atoms with van der Waals surface area (Å²) in [5.74, 6) is -0.349. The summed E-state index contributed by atoms with van der Waals surface area (Å²) in [5, 5.41) is 14.0. The lowest BCUT2D eigenvalue weighted by molar-refractivity contribution is -0.382. The van der Waals surface area contributed by atoms with Gasteiger partial charge in [0.1, 0.15) is 11.2 Å². The van der Waals surface area contributed by atoms with Gasteiger partial charge in [-0.3, -0.25) is 14.9 Å². The Kier molecular flexibility index (Phi) is 2.32. The lowest BCUT2D eigenvalue weighted by Gasteiger charge is -2.03. The number of nitro benzene ring substituents is 1. The average Bonchev–Trinajstić information content (AvgIpc) is 2.63. The number of nitrogens with one attached hydrogen (secondary N) is 2. The van der Waals surface area contributed by atoms with E-state index >= 15 is 0 Å². The first-order chi connectivity index (χ1) is 7.59. The molecule has 1 heterocycles. The van der Waals surface area contributed by atoms with Crippen LogP contribution in [0.1, 0.15) is 6.92 Å². The topological polar surface area (TPSA) is 88.0 Å². The Labute approximate surface area is 90.4 Å². The second-order valence-corrected chi connectivity index (χ2v) is 3.26. The van der Waals surface area contributed by atoms with E-state index in [2.05, 4.69) is 16.4 Å². The summed E-state index contributed by atoms with van der Waals surface area (Å²) in [6, 6.07) is 5.97. The molecule has 81 valence electrons. The summed E-state index contributed by atoms with van der Waals surface area (Å²) in [4.78, 5) is 24.1. The molecule has 0 atom stereocenters. The molecule has 2 rings (SSSR count). The van der Waals surface area contributed by atoms with Crippen molar-refractivity contribution in [3.63, 3.8) is 0 Å². The van der Waals surface area contributed by atoms with Crippen LogP contribution in [-0.4, -0.2) is 15.8 Å². The first kappa shape index (κ1) is 10.2. The molecule has 0 saturated carbocycles. The van der Waals surface area contributed by atoms with Crippen molar-refractivity contribution in [2.24, 2.45) is 0 Å². The van der Waals surface area contributed by atoms with Crippen molar-refractivity contribution < 1.29 is 9.72 Å². The van der Waals surface area contributed by atoms with Crippen LogP contribution in [0.3, 0.4) is 0 Å². The minimum atomic E-state index is -0.530. The molecule has 1 aromatic carbocycles. The number of nitrogens with zero attached hydrogens (tertiary/aromatic N) is 1. The first-order valence-electron chi connectivity index (χ1n) is 4.53. The van der Waals surface area contributed by atoms with Crippen LogP contribution in [0, 0.1) is 16.2 Å². The van der Waals surface area contributed by atoms with Crippen molar-refractivity contribution in [3.8, 4) is 0 Å². The van der Waals surface area contributed by atoms with E-state index in [1.807, 2.05) is 0 Å². The molecule has 0 unspecified atom stereocenters. The maximum atomic E-state index is 10.9. The molecule has 0 fully saturated rings. The van der Waals surface area contributed by atoms with Crippen LogP contribution in [0.15, 0.2) is 18.3 Å². The molecule has 6 heteroatoms. The summed E-state index contributed by atoms with van der Waals surface area (Å²) < 4.78 is 0. The van der Waals surface area contributed by atoms with Gasteiger partial charge in [-0.05, 0) is 12.1 Å². The maximum Gasteiger partial charge on any atom is 0.316 e. The summed E-state index contributed by atoms with van der Waals surface area (Å²) in [6.45, 7) is 1.30. The molecule has 1 aromatic heterocycles. The fourth-order valence-corrected chi connectivity index (χ4v) is 1.52. The van der Waals surface area contributed by atoms with E-state index in [1.54, 1.807) is 6.07 Å². The van der Waals surface area contributed by atoms with Crippen LogP contribution < -0.4 is 5.32 Å². The second-order valence-electron chi connectivity index (χ2n) is 3.26. The van der Waals surface area contributed by atoms with Gasteiger partial charge < -0.3 is 10.3 Å². The van der Waals surface area contributed by atoms with Gasteiger partial charge in [0.05, 0.1) is 4.92 Å². The van der Waals surface area contributed by atoms with Crippen molar-refractivity contribution in [1.29, 1.82) is 0 Å². The van der Waals surface area contributed by atoms with E-state index in [0.29, 0.717) is 10.9 Å². The van der Waals surface area contributed by atoms with Crippen molar-refractivity contribution in [1.82, 2.24) is 4.98 Å². The van der Waals surface area contributed by atoms with Crippen molar-refractivity contribution in [2.75, 3.05) is 5.32 Å². The molecule has 0 saturated heterocycles. The molecule has 0 aliphatic heterocycles. The number of rotatable bonds is 2. The Morgan fingerprint density at radius 2 is 2.31 bits per heavy atom. The SMILES string of the molecule is CC(=O)Nc1ccc2[c]c[nH]c2c1[N+](=O)[O-]. The molecule has 0 aliphatic carbocycles. The molecule has 2 N–H and O–H groups in total. The zero-order chi connectivity index (χ0) is 11.7. The van der Waals surface area contributed by atoms with Gasteiger partial charge in [-0.25, -0.2) is 0 Å². The molecule has 0 aliphatic rings. The van der Waals surface area contributed by atoms with Crippen LogP contribution in [0.4, 0.5) is 11.4 Å². The van der Waals surface area contributed by atoms with Crippen LogP contribution >= 0.6 is 0 Å². The highest BCUT2D eigenvalue weighted by Crippen LogP contribution is 2.32. The van der Waals surface area contributed by atoms with Crippen molar-refractivity contribution in [2.45, 2.75) is 6.92 Å². The number of amides is 1. The average molecular weight is 218 g/mol. The highest BCUT2D eigenvalue weighted by Gasteiger charge is 2.19. The van der Waals surface area contributed by atoms with E-state index in [4.69, 9.17) is 0 Å². The number of aromatic amines is 1. The number of fused-ring (bicyclic) bond motifs is 1. The minimum Gasteiger partial charge on any atom is -0.355 e. The second kappa shape index (κ2) is 3.65. The van der Waals surface area contributed by atoms with E-state index in [-0.39, 0.29) is 17.3 Å². The molecule has 1 radical (unpaired) electrons. The number of hydrogen-bond donors (Lipinski definition) is 2. The third-order valence-corrected chi connectivity index (χ3v) is 2.12. The Balaban J connectivity index is 2.68. The van der Waals surface area contributed by atoms with Crippen LogP contribution in [0.2, 0.25) is 0 Å². The van der Waals surface area contributed by atoms with Gasteiger partial charge >= 0.3 is 5.69 Å². The molecule has 16 heavy (non-hydrogen) atoms. The molecule has 1 amide bonds. The zero-order valence-electron chi connectivity index (χ0n) is 8.40. The summed E-state index contributed by atoms with van der Waals surface area (Å²) in [7, 11) is 0. The molecular formula is C10H8N3O3. The van der Waals surface area contributed by atoms with E-state index in [1.165, 1.54) is 19.2 Å². The third kappa shape index (κ3) is 1.60. The van der Waals surface area contributed by atoms with Gasteiger partial charge in [0.2, 0.25) is 5.91 Å². The predicted molar refractivity (Wildman–Crippen MR) is 58.1 cm³/mol. The quantitative estimate of drug-likeness (QED) is 0.595. The molecule has 0 bridgehead atoms. The highest BCUT2D eigenvalue weighted by atomic mass is 16.6. The molecule has 0 spiro atoms. The number of aromatic nitrogens is 1. The fourth-order valence-electron chi connectivity index (χ4n) is 1.52. The molecule has 6 nitrogen and oxygen atoms in total. The Morgan fingerprint density at radius 3 is 2.94 bits per heavy atom. The van der Waals surface area contributed by atoms with E-state index in [9.17, 15) is 14.9 Å². The van der Waals surface area contributed by atoms with Gasteiger partial charge in [-0.2, -0.15) is 0 Å². The van der Waals surface area contributed by atoms with Gasteiger partial charge in [0, 0.05) is 24.6 Å². The zero-order valence-corrected chi connectivity index (χ0v) is 8.40. The maximum absolute atomic E-state index is 10.9. The number of carbonyl (C=O) groups excluding carboxylic acids is 1. The third-order valence-electron chi connectivity index (χ3n) is 2.12. The van der Waals surface area contributed by atoms with Crippen LogP contribution in [0.5, 0.6) is 0 Å². The molecule has 2 aromatic rings. The van der Waals surface area contributed by atoms with Crippen molar-refractivity contribution in [3.05, 3.63) is 34.5 Å². The molecular weight excluding hydrogens is 210 g/mol. The number of nitro groups is 1. The van der Waals surface area contributed by atoms with Gasteiger partial charge in [-0.1, -0.05) is 0 Å². The Hall–Kier alpha value is -2.37. The predicted octanol–water partition coefficient (Wildman–Crippen LogP) is 1.83. The largest absolute Gasteiger partial charge is 0.355 e. The minimum absolute atomic E-state index is 0.144. The Morgan fingerprint density at radius 1 is 1.56 bits per heavy atom. The summed E-state index contributed by atoms with van der Waals surface area (Å²) >= 11 is 0. The smallest absolute Gasteiger partial charge is 0.316 e. The number of H-pyrrole nitrogens is 1. The van der Waals surface area contributed by atoms with Crippen LogP contribution in [0.25, 0.3) is 10.9 Å². The van der Waals surface area contributed by atoms with Gasteiger partial charge in [0.25, 0.3) is 0 Å². The number of anilines is 1. The Bertz CT molecular complexity index is 574. The fraction of sp³-hybridized carbons (Fsp3) is 0.100. The van der Waals surface area contributed by atoms with Crippen LogP contribution in [-0.2, 0) is 4.79 Å². The van der Waals surface area contributed by atoms with E-state index in [0.717, 1.165) is 0 Å². The van der Waals surface area contributed by atoms with Crippen molar-refractivity contribution >= 4 is 28.2 Å². The van der Waals surface area contributed by atoms with Gasteiger partial charge in [-0.15, -0.1) is 0 Å². The number of carbonyl (C=O) groups is 1. The lowest BCUT2D eigenvalue weighted by Crippen LogP contribution is -2.08. The first-order valence-corrected chi connectivity index (χ1v) is 4.53. The lowest BCUT2D eigenvalue weighted by atomic mass is 10.2. The van der Waals surface area contributed by atoms with E-state index < -0.39 is 4.92 Å². The summed E-state index contributed by atoms with van der Waals surface area (Å²) in [5.41, 5.74) is 0.394. The highest BCUT2D eigenvalue weighted by molar-refractivity contribution is 5.99. The standard InChI is InChI=1S/C10H8N3O3/c1-6(14)12-8-3-2-7-4-5-11-9(7)10(8)13(15)16/h2-3,5,11H,1H3,(H,12,14). The summed E-state index contributed by atoms with van der Waals surface area (Å²) in [6.07, 6.45) is 1.50. The number of hydrogen-bond acceptors (Lipinski definition) is 3. The van der Waals surface area contributed by atoms with Gasteiger partial charge in [0.15, 0.2) is 0 Å². The monoisotopic (exact) mass is 218 g/mol.